The van der Waals surface area contributed by atoms with Crippen LogP contribution in [0.4, 0.5) is 0 Å². The Kier molecular flexibility index (Phi) is 4.97. The highest BCUT2D eigenvalue weighted by Gasteiger charge is 2.16. The average Bonchev–Trinajstić information content (AvgIpc) is 3.02. The highest BCUT2D eigenvalue weighted by Crippen LogP contribution is 2.36. The lowest BCUT2D eigenvalue weighted by atomic mass is 10.1. The summed E-state index contributed by atoms with van der Waals surface area (Å²) in [5.74, 6) is 1.54. The van der Waals surface area contributed by atoms with Crippen molar-refractivity contribution in [1.29, 1.82) is 0 Å². The first kappa shape index (κ1) is 15.7. The molecule has 0 saturated heterocycles. The van der Waals surface area contributed by atoms with Crippen LogP contribution in [0.1, 0.15) is 16.7 Å². The van der Waals surface area contributed by atoms with E-state index in [0.29, 0.717) is 22.4 Å². The van der Waals surface area contributed by atoms with Gasteiger partial charge in [0.1, 0.15) is 6.61 Å². The molecular formula is C17H15Cl2NOS. The van der Waals surface area contributed by atoms with E-state index < -0.39 is 0 Å². The molecule has 1 aliphatic rings. The SMILES string of the molecule is Cc1ccccc1COc1c(Cl)cc(C2=NCCS2)cc1Cl. The van der Waals surface area contributed by atoms with E-state index in [4.69, 9.17) is 27.9 Å². The van der Waals surface area contributed by atoms with Gasteiger partial charge in [0.25, 0.3) is 0 Å². The van der Waals surface area contributed by atoms with Crippen molar-refractivity contribution in [3.05, 3.63) is 63.1 Å². The predicted molar refractivity (Wildman–Crippen MR) is 95.8 cm³/mol. The van der Waals surface area contributed by atoms with Crippen molar-refractivity contribution in [2.75, 3.05) is 12.3 Å². The van der Waals surface area contributed by atoms with Crippen molar-refractivity contribution in [2.24, 2.45) is 4.99 Å². The van der Waals surface area contributed by atoms with Crippen molar-refractivity contribution in [3.63, 3.8) is 0 Å². The molecule has 0 fully saturated rings. The quantitative estimate of drug-likeness (QED) is 0.737. The van der Waals surface area contributed by atoms with Gasteiger partial charge in [0.15, 0.2) is 5.75 Å². The molecule has 0 amide bonds. The van der Waals surface area contributed by atoms with Crippen LogP contribution in [-0.2, 0) is 6.61 Å². The molecule has 1 aliphatic heterocycles. The number of hydrogen-bond acceptors (Lipinski definition) is 3. The van der Waals surface area contributed by atoms with Gasteiger partial charge >= 0.3 is 0 Å². The summed E-state index contributed by atoms with van der Waals surface area (Å²) in [7, 11) is 0. The second-order valence-electron chi connectivity index (χ2n) is 5.02. The average molecular weight is 352 g/mol. The fourth-order valence-corrected chi connectivity index (χ4v) is 3.69. The number of ether oxygens (including phenoxy) is 1. The molecule has 0 saturated carbocycles. The minimum Gasteiger partial charge on any atom is -0.486 e. The topological polar surface area (TPSA) is 21.6 Å². The molecule has 0 aliphatic carbocycles. The third-order valence-electron chi connectivity index (χ3n) is 3.46. The summed E-state index contributed by atoms with van der Waals surface area (Å²) in [6.07, 6.45) is 0. The number of thioether (sulfide) groups is 1. The molecule has 0 aromatic heterocycles. The Hall–Kier alpha value is -1.16. The van der Waals surface area contributed by atoms with Gasteiger partial charge < -0.3 is 4.74 Å². The molecule has 0 bridgehead atoms. The standard InChI is InChI=1S/C17H15Cl2NOS/c1-11-4-2-3-5-12(11)10-21-16-14(18)8-13(9-15(16)19)17-20-6-7-22-17/h2-5,8-9H,6-7,10H2,1H3. The van der Waals surface area contributed by atoms with Crippen molar-refractivity contribution < 1.29 is 4.74 Å². The van der Waals surface area contributed by atoms with Crippen LogP contribution in [-0.4, -0.2) is 17.3 Å². The minimum absolute atomic E-state index is 0.446. The van der Waals surface area contributed by atoms with Crippen molar-refractivity contribution >= 4 is 40.0 Å². The summed E-state index contributed by atoms with van der Waals surface area (Å²) in [5.41, 5.74) is 3.26. The number of aryl methyl sites for hydroxylation is 1. The van der Waals surface area contributed by atoms with Gasteiger partial charge in [0.05, 0.1) is 15.1 Å². The molecule has 5 heteroatoms. The maximum Gasteiger partial charge on any atom is 0.157 e. The van der Waals surface area contributed by atoms with Crippen LogP contribution in [0.5, 0.6) is 5.75 Å². The number of aliphatic imine (C=N–C) groups is 1. The van der Waals surface area contributed by atoms with Gasteiger partial charge in [-0.25, -0.2) is 0 Å². The maximum absolute atomic E-state index is 6.35. The molecule has 114 valence electrons. The molecule has 22 heavy (non-hydrogen) atoms. The molecule has 2 aromatic rings. The van der Waals surface area contributed by atoms with Gasteiger partial charge in [-0.3, -0.25) is 4.99 Å². The van der Waals surface area contributed by atoms with E-state index in [9.17, 15) is 0 Å². The molecule has 0 unspecified atom stereocenters. The van der Waals surface area contributed by atoms with Crippen LogP contribution in [0.15, 0.2) is 41.4 Å². The van der Waals surface area contributed by atoms with Gasteiger partial charge in [-0.15, -0.1) is 11.8 Å². The van der Waals surface area contributed by atoms with E-state index in [0.717, 1.165) is 28.5 Å². The van der Waals surface area contributed by atoms with E-state index in [2.05, 4.69) is 18.0 Å². The summed E-state index contributed by atoms with van der Waals surface area (Å²) in [6.45, 7) is 3.35. The molecule has 0 spiro atoms. The number of benzene rings is 2. The molecule has 0 radical (unpaired) electrons. The van der Waals surface area contributed by atoms with E-state index >= 15 is 0 Å². The minimum atomic E-state index is 0.446. The van der Waals surface area contributed by atoms with Gasteiger partial charge in [0.2, 0.25) is 0 Å². The molecule has 2 aromatic carbocycles. The van der Waals surface area contributed by atoms with Crippen LogP contribution in [0.3, 0.4) is 0 Å². The number of halogens is 2. The van der Waals surface area contributed by atoms with E-state index in [1.165, 1.54) is 5.56 Å². The van der Waals surface area contributed by atoms with Crippen LogP contribution in [0.25, 0.3) is 0 Å². The fourth-order valence-electron chi connectivity index (χ4n) is 2.25. The summed E-state index contributed by atoms with van der Waals surface area (Å²) >= 11 is 14.4. The Morgan fingerprint density at radius 3 is 2.55 bits per heavy atom. The molecule has 0 N–H and O–H groups in total. The van der Waals surface area contributed by atoms with E-state index in [1.807, 2.05) is 30.3 Å². The fraction of sp³-hybridized carbons (Fsp3) is 0.235. The molecule has 1 heterocycles. The Labute approximate surface area is 144 Å². The normalized spacial score (nSPS) is 14.0. The van der Waals surface area contributed by atoms with Crippen LogP contribution < -0.4 is 4.74 Å². The molecule has 2 nitrogen and oxygen atoms in total. The van der Waals surface area contributed by atoms with Crippen LogP contribution in [0.2, 0.25) is 10.0 Å². The van der Waals surface area contributed by atoms with E-state index in [-0.39, 0.29) is 0 Å². The van der Waals surface area contributed by atoms with Gasteiger partial charge in [0, 0.05) is 17.9 Å². The molecule has 0 atom stereocenters. The summed E-state index contributed by atoms with van der Waals surface area (Å²) < 4.78 is 5.84. The largest absolute Gasteiger partial charge is 0.486 e. The Balaban J connectivity index is 1.81. The zero-order valence-corrected chi connectivity index (χ0v) is 14.4. The second kappa shape index (κ2) is 6.95. The smallest absolute Gasteiger partial charge is 0.157 e. The first-order chi connectivity index (χ1) is 10.6. The van der Waals surface area contributed by atoms with Crippen LogP contribution in [0, 0.1) is 6.92 Å². The third kappa shape index (κ3) is 3.43. The molecule has 3 rings (SSSR count). The van der Waals surface area contributed by atoms with Gasteiger partial charge in [-0.1, -0.05) is 47.5 Å². The lowest BCUT2D eigenvalue weighted by molar-refractivity contribution is 0.306. The zero-order chi connectivity index (χ0) is 15.5. The number of nitrogens with zero attached hydrogens (tertiary/aromatic N) is 1. The number of rotatable bonds is 4. The first-order valence-corrected chi connectivity index (χ1v) is 8.73. The number of hydrogen-bond donors (Lipinski definition) is 0. The predicted octanol–water partition coefficient (Wildman–Crippen LogP) is 5.37. The molecular weight excluding hydrogens is 337 g/mol. The Bertz CT molecular complexity index is 707. The van der Waals surface area contributed by atoms with Gasteiger partial charge in [-0.05, 0) is 30.2 Å². The Morgan fingerprint density at radius 1 is 1.18 bits per heavy atom. The second-order valence-corrected chi connectivity index (χ2v) is 6.92. The lowest BCUT2D eigenvalue weighted by Gasteiger charge is -2.13. The third-order valence-corrected chi connectivity index (χ3v) is 5.05. The summed E-state index contributed by atoms with van der Waals surface area (Å²) in [5, 5.41) is 2.03. The van der Waals surface area contributed by atoms with Gasteiger partial charge in [-0.2, -0.15) is 0 Å². The highest BCUT2D eigenvalue weighted by molar-refractivity contribution is 8.14. The maximum atomic E-state index is 6.35. The van der Waals surface area contributed by atoms with Crippen LogP contribution >= 0.6 is 35.0 Å². The highest BCUT2D eigenvalue weighted by atomic mass is 35.5. The first-order valence-electron chi connectivity index (χ1n) is 6.99. The van der Waals surface area contributed by atoms with E-state index in [1.54, 1.807) is 11.8 Å². The Morgan fingerprint density at radius 2 is 1.91 bits per heavy atom. The van der Waals surface area contributed by atoms with Crippen molar-refractivity contribution in [2.45, 2.75) is 13.5 Å². The lowest BCUT2D eigenvalue weighted by Crippen LogP contribution is -2.00. The van der Waals surface area contributed by atoms with Crippen molar-refractivity contribution in [1.82, 2.24) is 0 Å². The zero-order valence-electron chi connectivity index (χ0n) is 12.1. The monoisotopic (exact) mass is 351 g/mol. The summed E-state index contributed by atoms with van der Waals surface area (Å²) in [4.78, 5) is 4.44. The summed E-state index contributed by atoms with van der Waals surface area (Å²) in [6, 6.07) is 11.8. The van der Waals surface area contributed by atoms with Crippen molar-refractivity contribution in [3.8, 4) is 5.75 Å².